The molecule has 0 aliphatic heterocycles. The third kappa shape index (κ3) is 4.30. The number of benzene rings is 1. The Balaban J connectivity index is 1.84. The fourth-order valence-electron chi connectivity index (χ4n) is 2.95. The molecule has 0 spiro atoms. The van der Waals surface area contributed by atoms with Crippen LogP contribution < -0.4 is 10.2 Å². The number of carbonyl (C=O) groups is 1. The average molecular weight is 286 g/mol. The quantitative estimate of drug-likeness (QED) is 0.847. The Morgan fingerprint density at radius 1 is 1.33 bits per heavy atom. The standard InChI is InChI=1S/C17H23N3O/c1-14-5-7-15(8-6-14)11-20(2)12-16(21)19-17(13-18)9-3-4-10-17/h5-8H,3-4,9-12H2,1-2H3,(H,19,21)/p+1. The van der Waals surface area contributed by atoms with Crippen molar-refractivity contribution in [1.29, 1.82) is 5.26 Å². The molecule has 0 aromatic heterocycles. The molecule has 21 heavy (non-hydrogen) atoms. The molecule has 0 bridgehead atoms. The van der Waals surface area contributed by atoms with Crippen LogP contribution in [0.3, 0.4) is 0 Å². The van der Waals surface area contributed by atoms with E-state index in [0.29, 0.717) is 6.54 Å². The van der Waals surface area contributed by atoms with Crippen LogP contribution in [-0.2, 0) is 11.3 Å². The van der Waals surface area contributed by atoms with Gasteiger partial charge in [0.25, 0.3) is 5.91 Å². The predicted molar refractivity (Wildman–Crippen MR) is 81.6 cm³/mol. The summed E-state index contributed by atoms with van der Waals surface area (Å²) in [6.45, 7) is 3.28. The Bertz CT molecular complexity index is 524. The number of hydrogen-bond acceptors (Lipinski definition) is 2. The van der Waals surface area contributed by atoms with Gasteiger partial charge in [0.15, 0.2) is 6.54 Å². The first-order valence-electron chi connectivity index (χ1n) is 7.62. The van der Waals surface area contributed by atoms with Crippen LogP contribution in [-0.4, -0.2) is 25.0 Å². The van der Waals surface area contributed by atoms with Crippen LogP contribution in [0.25, 0.3) is 0 Å². The summed E-state index contributed by atoms with van der Waals surface area (Å²) in [7, 11) is 2.01. The number of nitrogens with zero attached hydrogens (tertiary/aromatic N) is 1. The molecule has 1 aliphatic rings. The molecule has 2 N–H and O–H groups in total. The van der Waals surface area contributed by atoms with Gasteiger partial charge in [-0.1, -0.05) is 29.8 Å². The van der Waals surface area contributed by atoms with Crippen molar-refractivity contribution < 1.29 is 9.69 Å². The largest absolute Gasteiger partial charge is 0.333 e. The molecule has 1 fully saturated rings. The maximum absolute atomic E-state index is 12.1. The van der Waals surface area contributed by atoms with Crippen molar-refractivity contribution in [3.05, 3.63) is 35.4 Å². The average Bonchev–Trinajstić information content (AvgIpc) is 2.90. The van der Waals surface area contributed by atoms with E-state index in [9.17, 15) is 10.1 Å². The van der Waals surface area contributed by atoms with Crippen LogP contribution in [0.15, 0.2) is 24.3 Å². The summed E-state index contributed by atoms with van der Waals surface area (Å²) in [5.74, 6) is -0.0249. The molecule has 4 heteroatoms. The fourth-order valence-corrected chi connectivity index (χ4v) is 2.95. The van der Waals surface area contributed by atoms with Gasteiger partial charge < -0.3 is 10.2 Å². The van der Waals surface area contributed by atoms with Gasteiger partial charge in [-0.05, 0) is 32.6 Å². The fraction of sp³-hybridized carbons (Fsp3) is 0.529. The third-order valence-corrected chi connectivity index (χ3v) is 4.14. The Morgan fingerprint density at radius 3 is 2.52 bits per heavy atom. The first-order chi connectivity index (χ1) is 10.0. The van der Waals surface area contributed by atoms with Crippen molar-refractivity contribution in [3.8, 4) is 6.07 Å². The Labute approximate surface area is 126 Å². The highest BCUT2D eigenvalue weighted by Crippen LogP contribution is 2.28. The molecule has 1 unspecified atom stereocenters. The van der Waals surface area contributed by atoms with E-state index >= 15 is 0 Å². The van der Waals surface area contributed by atoms with E-state index in [0.717, 1.165) is 37.1 Å². The molecule has 1 aliphatic carbocycles. The van der Waals surface area contributed by atoms with Gasteiger partial charge >= 0.3 is 0 Å². The van der Waals surface area contributed by atoms with Crippen molar-refractivity contribution in [2.75, 3.05) is 13.6 Å². The predicted octanol–water partition coefficient (Wildman–Crippen LogP) is 0.962. The van der Waals surface area contributed by atoms with E-state index in [4.69, 9.17) is 0 Å². The second kappa shape index (κ2) is 6.73. The summed E-state index contributed by atoms with van der Waals surface area (Å²) in [4.78, 5) is 13.3. The van der Waals surface area contributed by atoms with Gasteiger partial charge in [0.1, 0.15) is 12.1 Å². The van der Waals surface area contributed by atoms with Gasteiger partial charge in [-0.15, -0.1) is 0 Å². The molecule has 1 atom stereocenters. The molecular formula is C17H24N3O+. The molecule has 4 nitrogen and oxygen atoms in total. The maximum atomic E-state index is 12.1. The minimum atomic E-state index is -0.610. The number of likely N-dealkylation sites (N-methyl/N-ethyl adjacent to an activating group) is 1. The Morgan fingerprint density at radius 2 is 1.95 bits per heavy atom. The number of hydrogen-bond donors (Lipinski definition) is 2. The van der Waals surface area contributed by atoms with Gasteiger partial charge in [-0.3, -0.25) is 4.79 Å². The number of nitriles is 1. The second-order valence-electron chi connectivity index (χ2n) is 6.25. The van der Waals surface area contributed by atoms with Crippen LogP contribution in [0, 0.1) is 18.3 Å². The molecular weight excluding hydrogens is 262 g/mol. The summed E-state index contributed by atoms with van der Waals surface area (Å²) in [6, 6.07) is 10.7. The summed E-state index contributed by atoms with van der Waals surface area (Å²) >= 11 is 0. The van der Waals surface area contributed by atoms with E-state index in [1.165, 1.54) is 11.1 Å². The van der Waals surface area contributed by atoms with Crippen LogP contribution in [0.2, 0.25) is 0 Å². The minimum absolute atomic E-state index is 0.0249. The second-order valence-corrected chi connectivity index (χ2v) is 6.25. The number of amides is 1. The molecule has 0 radical (unpaired) electrons. The minimum Gasteiger partial charge on any atom is -0.333 e. The molecule has 2 rings (SSSR count). The van der Waals surface area contributed by atoms with Crippen LogP contribution in [0.5, 0.6) is 0 Å². The highest BCUT2D eigenvalue weighted by molar-refractivity contribution is 5.78. The lowest BCUT2D eigenvalue weighted by Crippen LogP contribution is -3.09. The zero-order chi connectivity index (χ0) is 15.3. The van der Waals surface area contributed by atoms with E-state index < -0.39 is 5.54 Å². The van der Waals surface area contributed by atoms with Crippen molar-refractivity contribution in [2.45, 2.75) is 44.7 Å². The van der Waals surface area contributed by atoms with Gasteiger partial charge in [0.05, 0.1) is 13.1 Å². The Kier molecular flexibility index (Phi) is 4.98. The van der Waals surface area contributed by atoms with E-state index in [1.807, 2.05) is 7.05 Å². The summed E-state index contributed by atoms with van der Waals surface area (Å²) in [5.41, 5.74) is 1.86. The SMILES string of the molecule is Cc1ccc(C[NH+](C)CC(=O)NC2(C#N)CCCC2)cc1. The maximum Gasteiger partial charge on any atom is 0.276 e. The number of quaternary nitrogens is 1. The summed E-state index contributed by atoms with van der Waals surface area (Å²) in [6.07, 6.45) is 3.62. The van der Waals surface area contributed by atoms with E-state index in [-0.39, 0.29) is 5.91 Å². The first kappa shape index (κ1) is 15.5. The molecule has 1 aromatic carbocycles. The lowest BCUT2D eigenvalue weighted by atomic mass is 10.00. The third-order valence-electron chi connectivity index (χ3n) is 4.14. The molecule has 112 valence electrons. The van der Waals surface area contributed by atoms with Gasteiger partial charge in [0, 0.05) is 5.56 Å². The number of carbonyl (C=O) groups excluding carboxylic acids is 1. The zero-order valence-electron chi connectivity index (χ0n) is 12.9. The van der Waals surface area contributed by atoms with Gasteiger partial charge in [0.2, 0.25) is 0 Å². The monoisotopic (exact) mass is 286 g/mol. The lowest BCUT2D eigenvalue weighted by Gasteiger charge is -2.23. The molecule has 1 aromatic rings. The van der Waals surface area contributed by atoms with E-state index in [2.05, 4.69) is 42.6 Å². The van der Waals surface area contributed by atoms with Crippen LogP contribution in [0.1, 0.15) is 36.8 Å². The lowest BCUT2D eigenvalue weighted by molar-refractivity contribution is -0.885. The van der Waals surface area contributed by atoms with Crippen molar-refractivity contribution in [2.24, 2.45) is 0 Å². The van der Waals surface area contributed by atoms with Gasteiger partial charge in [-0.25, -0.2) is 0 Å². The van der Waals surface area contributed by atoms with Crippen molar-refractivity contribution in [1.82, 2.24) is 5.32 Å². The zero-order valence-corrected chi connectivity index (χ0v) is 12.9. The van der Waals surface area contributed by atoms with Crippen LogP contribution in [0.4, 0.5) is 0 Å². The molecule has 0 saturated heterocycles. The Hall–Kier alpha value is -1.86. The normalized spacial score (nSPS) is 18.0. The molecule has 0 heterocycles. The van der Waals surface area contributed by atoms with Crippen molar-refractivity contribution in [3.63, 3.8) is 0 Å². The highest BCUT2D eigenvalue weighted by atomic mass is 16.2. The number of nitrogens with one attached hydrogen (secondary N) is 2. The summed E-state index contributed by atoms with van der Waals surface area (Å²) < 4.78 is 0. The summed E-state index contributed by atoms with van der Waals surface area (Å²) in [5, 5.41) is 12.2. The first-order valence-corrected chi connectivity index (χ1v) is 7.62. The highest BCUT2D eigenvalue weighted by Gasteiger charge is 2.35. The topological polar surface area (TPSA) is 57.3 Å². The molecule has 1 saturated carbocycles. The smallest absolute Gasteiger partial charge is 0.276 e. The van der Waals surface area contributed by atoms with Crippen LogP contribution >= 0.6 is 0 Å². The van der Waals surface area contributed by atoms with E-state index in [1.54, 1.807) is 0 Å². The number of rotatable bonds is 5. The molecule has 1 amide bonds. The van der Waals surface area contributed by atoms with Gasteiger partial charge in [-0.2, -0.15) is 5.26 Å². The van der Waals surface area contributed by atoms with Crippen molar-refractivity contribution >= 4 is 5.91 Å². The number of aryl methyl sites for hydroxylation is 1.